The minimum Gasteiger partial charge on any atom is -0.490 e. The van der Waals surface area contributed by atoms with E-state index in [9.17, 15) is 9.59 Å². The van der Waals surface area contributed by atoms with E-state index in [0.717, 1.165) is 0 Å². The quantitative estimate of drug-likeness (QED) is 0.435. The van der Waals surface area contributed by atoms with E-state index in [0.29, 0.717) is 40.0 Å². The summed E-state index contributed by atoms with van der Waals surface area (Å²) >= 11 is 6.60. The number of aliphatic imine (C=N–C) groups is 1. The number of hydrogen-bond acceptors (Lipinski definition) is 5. The first kappa shape index (κ1) is 23.3. The first-order chi connectivity index (χ1) is 15.5. The van der Waals surface area contributed by atoms with Gasteiger partial charge in [-0.15, -0.1) is 0 Å². The Morgan fingerprint density at radius 1 is 1.16 bits per heavy atom. The van der Waals surface area contributed by atoms with Crippen molar-refractivity contribution in [3.63, 3.8) is 0 Å². The maximum Gasteiger partial charge on any atom is 0.341 e. The molecule has 2 atom stereocenters. The molecular formula is C24H25ClN2O5. The molecule has 1 aliphatic heterocycles. The monoisotopic (exact) mass is 456 g/mol. The van der Waals surface area contributed by atoms with Crippen molar-refractivity contribution in [1.29, 1.82) is 0 Å². The van der Waals surface area contributed by atoms with Gasteiger partial charge in [0, 0.05) is 11.1 Å². The lowest BCUT2D eigenvalue weighted by molar-refractivity contribution is -0.146. The lowest BCUT2D eigenvalue weighted by Crippen LogP contribution is -2.45. The molecule has 1 heterocycles. The van der Waals surface area contributed by atoms with Crippen LogP contribution in [-0.4, -0.2) is 37.5 Å². The molecule has 0 bridgehead atoms. The molecule has 168 valence electrons. The van der Waals surface area contributed by atoms with Crippen molar-refractivity contribution >= 4 is 29.3 Å². The predicted octanol–water partition coefficient (Wildman–Crippen LogP) is 4.74. The summed E-state index contributed by atoms with van der Waals surface area (Å²) in [5, 5.41) is 3.08. The van der Waals surface area contributed by atoms with E-state index in [1.807, 2.05) is 25.1 Å². The standard InChI is InChI=1S/C24H25ClN2O5/c1-4-12-32-19-14-17(25)16(13-18(19)30-5-2)22-20(23(28)31-6-3)21(26-24(29)27-22)15-10-8-7-9-11-15/h4,7-11,13-14,20,22H,1,5-6,12H2,2-3H3,(H,27,29). The second-order valence-corrected chi connectivity index (χ2v) is 7.28. The van der Waals surface area contributed by atoms with E-state index in [2.05, 4.69) is 16.9 Å². The number of nitrogens with zero attached hydrogens (tertiary/aromatic N) is 1. The number of amides is 2. The summed E-state index contributed by atoms with van der Waals surface area (Å²) in [6.45, 7) is 8.06. The Labute approximate surface area is 192 Å². The number of benzene rings is 2. The summed E-state index contributed by atoms with van der Waals surface area (Å²) in [5.41, 5.74) is 1.46. The molecule has 0 aromatic heterocycles. The van der Waals surface area contributed by atoms with Crippen LogP contribution in [0.5, 0.6) is 11.5 Å². The highest BCUT2D eigenvalue weighted by atomic mass is 35.5. The molecule has 8 heteroatoms. The second kappa shape index (κ2) is 10.8. The lowest BCUT2D eigenvalue weighted by Gasteiger charge is -2.32. The Morgan fingerprint density at radius 2 is 1.88 bits per heavy atom. The predicted molar refractivity (Wildman–Crippen MR) is 123 cm³/mol. The SMILES string of the molecule is C=CCOc1cc(Cl)c(C2NC(=O)N=C(c3ccccc3)C2C(=O)OCC)cc1OCC. The van der Waals surface area contributed by atoms with Crippen LogP contribution >= 0.6 is 11.6 Å². The van der Waals surface area contributed by atoms with Crippen molar-refractivity contribution in [3.8, 4) is 11.5 Å². The topological polar surface area (TPSA) is 86.2 Å². The largest absolute Gasteiger partial charge is 0.490 e. The van der Waals surface area contributed by atoms with Crippen LogP contribution in [-0.2, 0) is 9.53 Å². The van der Waals surface area contributed by atoms with Crippen molar-refractivity contribution in [1.82, 2.24) is 5.32 Å². The summed E-state index contributed by atoms with van der Waals surface area (Å²) in [7, 11) is 0. The number of carbonyl (C=O) groups is 2. The molecule has 2 unspecified atom stereocenters. The maximum atomic E-state index is 13.0. The molecular weight excluding hydrogens is 432 g/mol. The van der Waals surface area contributed by atoms with Crippen LogP contribution in [0.25, 0.3) is 0 Å². The Morgan fingerprint density at radius 3 is 2.53 bits per heavy atom. The van der Waals surface area contributed by atoms with E-state index in [1.165, 1.54) is 0 Å². The van der Waals surface area contributed by atoms with Gasteiger partial charge in [0.2, 0.25) is 0 Å². The molecule has 0 saturated heterocycles. The average Bonchev–Trinajstić information content (AvgIpc) is 2.79. The van der Waals surface area contributed by atoms with Crippen molar-refractivity contribution in [2.45, 2.75) is 19.9 Å². The molecule has 0 aliphatic carbocycles. The second-order valence-electron chi connectivity index (χ2n) is 6.87. The van der Waals surface area contributed by atoms with Crippen molar-refractivity contribution < 1.29 is 23.8 Å². The van der Waals surface area contributed by atoms with E-state index < -0.39 is 24.0 Å². The molecule has 3 rings (SSSR count). The highest BCUT2D eigenvalue weighted by molar-refractivity contribution is 6.32. The van der Waals surface area contributed by atoms with Gasteiger partial charge in [0.15, 0.2) is 11.5 Å². The number of ether oxygens (including phenoxy) is 3. The lowest BCUT2D eigenvalue weighted by atomic mass is 9.84. The first-order valence-electron chi connectivity index (χ1n) is 10.3. The van der Waals surface area contributed by atoms with Crippen molar-refractivity contribution in [3.05, 3.63) is 71.3 Å². The zero-order valence-electron chi connectivity index (χ0n) is 18.0. The summed E-state index contributed by atoms with van der Waals surface area (Å²) < 4.78 is 16.7. The van der Waals surface area contributed by atoms with Gasteiger partial charge in [0.25, 0.3) is 0 Å². The highest BCUT2D eigenvalue weighted by Gasteiger charge is 2.41. The number of nitrogens with one attached hydrogen (secondary N) is 1. The Balaban J connectivity index is 2.12. The minimum atomic E-state index is -0.901. The van der Waals surface area contributed by atoms with Gasteiger partial charge in [-0.3, -0.25) is 4.79 Å². The van der Waals surface area contributed by atoms with E-state index in [-0.39, 0.29) is 13.2 Å². The van der Waals surface area contributed by atoms with Crippen LogP contribution in [0.15, 0.2) is 60.1 Å². The number of halogens is 1. The number of carbonyl (C=O) groups excluding carboxylic acids is 2. The Hall–Kier alpha value is -3.32. The number of hydrogen-bond donors (Lipinski definition) is 1. The van der Waals surface area contributed by atoms with Gasteiger partial charge in [-0.2, -0.15) is 4.99 Å². The Bertz CT molecular complexity index is 1020. The fraction of sp³-hybridized carbons (Fsp3) is 0.292. The van der Waals surface area contributed by atoms with Gasteiger partial charge < -0.3 is 19.5 Å². The molecule has 0 radical (unpaired) electrons. The molecule has 0 saturated carbocycles. The van der Waals surface area contributed by atoms with Gasteiger partial charge >= 0.3 is 12.0 Å². The van der Waals surface area contributed by atoms with Gasteiger partial charge in [0.1, 0.15) is 12.5 Å². The van der Waals surface area contributed by atoms with Crippen LogP contribution in [0, 0.1) is 5.92 Å². The van der Waals surface area contributed by atoms with Crippen molar-refractivity contribution in [2.75, 3.05) is 19.8 Å². The van der Waals surface area contributed by atoms with Gasteiger partial charge in [-0.1, -0.05) is 54.6 Å². The van der Waals surface area contributed by atoms with E-state index in [4.69, 9.17) is 25.8 Å². The fourth-order valence-corrected chi connectivity index (χ4v) is 3.77. The number of esters is 1. The normalized spacial score (nSPS) is 17.7. The van der Waals surface area contributed by atoms with Crippen LogP contribution in [0.3, 0.4) is 0 Å². The number of urea groups is 1. The zero-order valence-corrected chi connectivity index (χ0v) is 18.7. The summed E-state index contributed by atoms with van der Waals surface area (Å²) in [4.78, 5) is 29.7. The molecule has 1 aliphatic rings. The van der Waals surface area contributed by atoms with E-state index >= 15 is 0 Å². The number of rotatable bonds is 9. The third kappa shape index (κ3) is 5.11. The summed E-state index contributed by atoms with van der Waals surface area (Å²) in [6.07, 6.45) is 1.61. The van der Waals surface area contributed by atoms with Gasteiger partial charge in [-0.25, -0.2) is 4.79 Å². The van der Waals surface area contributed by atoms with Crippen LogP contribution < -0.4 is 14.8 Å². The fourth-order valence-electron chi connectivity index (χ4n) is 3.49. The van der Waals surface area contributed by atoms with Crippen LogP contribution in [0.1, 0.15) is 31.0 Å². The molecule has 2 amide bonds. The Kier molecular flexibility index (Phi) is 7.89. The molecule has 7 nitrogen and oxygen atoms in total. The highest BCUT2D eigenvalue weighted by Crippen LogP contribution is 2.40. The minimum absolute atomic E-state index is 0.185. The third-order valence-corrected chi connectivity index (χ3v) is 5.12. The van der Waals surface area contributed by atoms with Crippen LogP contribution in [0.2, 0.25) is 5.02 Å². The smallest absolute Gasteiger partial charge is 0.341 e. The molecule has 0 spiro atoms. The molecule has 2 aromatic carbocycles. The summed E-state index contributed by atoms with van der Waals surface area (Å²) in [5.74, 6) is -0.537. The zero-order chi connectivity index (χ0) is 23.1. The van der Waals surface area contributed by atoms with Gasteiger partial charge in [-0.05, 0) is 31.0 Å². The molecule has 0 fully saturated rings. The summed E-state index contributed by atoms with van der Waals surface area (Å²) in [6, 6.07) is 11.0. The average molecular weight is 457 g/mol. The maximum absolute atomic E-state index is 13.0. The molecule has 2 aromatic rings. The molecule has 1 N–H and O–H groups in total. The van der Waals surface area contributed by atoms with Crippen molar-refractivity contribution in [2.24, 2.45) is 10.9 Å². The first-order valence-corrected chi connectivity index (χ1v) is 10.7. The third-order valence-electron chi connectivity index (χ3n) is 4.79. The van der Waals surface area contributed by atoms with E-state index in [1.54, 1.807) is 37.3 Å². The molecule has 32 heavy (non-hydrogen) atoms. The van der Waals surface area contributed by atoms with Crippen LogP contribution in [0.4, 0.5) is 4.79 Å². The van der Waals surface area contributed by atoms with Gasteiger partial charge in [0.05, 0.1) is 25.0 Å².